The number of thiazole rings is 1. The van der Waals surface area contributed by atoms with Crippen LogP contribution in [-0.2, 0) is 4.79 Å². The van der Waals surface area contributed by atoms with Crippen molar-refractivity contribution in [1.82, 2.24) is 9.88 Å². The zero-order chi connectivity index (χ0) is 20.8. The lowest BCUT2D eigenvalue weighted by Crippen LogP contribution is -2.32. The Hall–Kier alpha value is -2.41. The first kappa shape index (κ1) is 21.3. The molecule has 0 saturated heterocycles. The number of nitrogens with zero attached hydrogens (tertiary/aromatic N) is 3. The number of methoxy groups -OCH3 is 1. The number of hydrogen-bond donors (Lipinski definition) is 0. The van der Waals surface area contributed by atoms with Crippen LogP contribution in [0, 0.1) is 0 Å². The SMILES string of the molecule is COc1ccc2nc(N(CCCN(C)C)C(=O)C=Cc3ccccc3Cl)sc2c1. The topological polar surface area (TPSA) is 45.7 Å². The fourth-order valence-corrected chi connectivity index (χ4v) is 4.07. The Labute approximate surface area is 180 Å². The van der Waals surface area contributed by atoms with Crippen molar-refractivity contribution < 1.29 is 9.53 Å². The molecule has 1 aromatic heterocycles. The molecule has 0 saturated carbocycles. The Kier molecular flexibility index (Phi) is 7.25. The van der Waals surface area contributed by atoms with Gasteiger partial charge in [0.2, 0.25) is 0 Å². The van der Waals surface area contributed by atoms with E-state index in [-0.39, 0.29) is 5.91 Å². The predicted molar refractivity (Wildman–Crippen MR) is 122 cm³/mol. The maximum atomic E-state index is 13.0. The molecular formula is C22H24ClN3O2S. The normalized spacial score (nSPS) is 11.5. The van der Waals surface area contributed by atoms with E-state index in [4.69, 9.17) is 16.3 Å². The van der Waals surface area contributed by atoms with E-state index in [9.17, 15) is 4.79 Å². The monoisotopic (exact) mass is 429 g/mol. The van der Waals surface area contributed by atoms with Crippen LogP contribution in [-0.4, -0.2) is 50.1 Å². The number of fused-ring (bicyclic) bond motifs is 1. The third-order valence-corrected chi connectivity index (χ3v) is 5.76. The van der Waals surface area contributed by atoms with E-state index in [0.29, 0.717) is 16.7 Å². The average Bonchev–Trinajstić information content (AvgIpc) is 3.12. The third-order valence-electron chi connectivity index (χ3n) is 4.38. The van der Waals surface area contributed by atoms with E-state index in [1.54, 1.807) is 24.2 Å². The number of carbonyl (C=O) groups excluding carboxylic acids is 1. The number of aromatic nitrogens is 1. The van der Waals surface area contributed by atoms with Crippen molar-refractivity contribution in [3.05, 3.63) is 59.1 Å². The van der Waals surface area contributed by atoms with Crippen molar-refractivity contribution in [2.45, 2.75) is 6.42 Å². The van der Waals surface area contributed by atoms with Crippen LogP contribution in [0.15, 0.2) is 48.5 Å². The molecule has 1 amide bonds. The molecule has 0 spiro atoms. The number of hydrogen-bond acceptors (Lipinski definition) is 5. The van der Waals surface area contributed by atoms with Crippen molar-refractivity contribution in [3.63, 3.8) is 0 Å². The molecule has 5 nitrogen and oxygen atoms in total. The number of amides is 1. The molecule has 3 rings (SSSR count). The number of carbonyl (C=O) groups is 1. The number of ether oxygens (including phenoxy) is 1. The molecule has 152 valence electrons. The van der Waals surface area contributed by atoms with Gasteiger partial charge in [-0.3, -0.25) is 9.69 Å². The van der Waals surface area contributed by atoms with Crippen molar-refractivity contribution in [1.29, 1.82) is 0 Å². The second-order valence-electron chi connectivity index (χ2n) is 6.83. The summed E-state index contributed by atoms with van der Waals surface area (Å²) in [5.74, 6) is 0.659. The third kappa shape index (κ3) is 5.56. The fourth-order valence-electron chi connectivity index (χ4n) is 2.84. The lowest BCUT2D eigenvalue weighted by molar-refractivity contribution is -0.114. The van der Waals surface area contributed by atoms with E-state index in [1.807, 2.05) is 56.6 Å². The quantitative estimate of drug-likeness (QED) is 0.475. The van der Waals surface area contributed by atoms with Gasteiger partial charge in [-0.15, -0.1) is 0 Å². The second-order valence-corrected chi connectivity index (χ2v) is 8.25. The summed E-state index contributed by atoms with van der Waals surface area (Å²) < 4.78 is 6.28. The molecule has 0 N–H and O–H groups in total. The van der Waals surface area contributed by atoms with Gasteiger partial charge in [0.1, 0.15) is 5.75 Å². The van der Waals surface area contributed by atoms with Crippen LogP contribution >= 0.6 is 22.9 Å². The predicted octanol–water partition coefficient (Wildman–Crippen LogP) is 4.96. The van der Waals surface area contributed by atoms with Crippen molar-refractivity contribution >= 4 is 50.3 Å². The molecule has 0 atom stereocenters. The second kappa shape index (κ2) is 9.87. The summed E-state index contributed by atoms with van der Waals surface area (Å²) in [6, 6.07) is 13.2. The lowest BCUT2D eigenvalue weighted by Gasteiger charge is -2.19. The van der Waals surface area contributed by atoms with Gasteiger partial charge in [0.25, 0.3) is 5.91 Å². The van der Waals surface area contributed by atoms with Crippen LogP contribution in [0.2, 0.25) is 5.02 Å². The number of halogens is 1. The van der Waals surface area contributed by atoms with E-state index in [2.05, 4.69) is 9.88 Å². The summed E-state index contributed by atoms with van der Waals surface area (Å²) in [4.78, 5) is 21.5. The highest BCUT2D eigenvalue weighted by Crippen LogP contribution is 2.32. The summed E-state index contributed by atoms with van der Waals surface area (Å²) in [6.07, 6.45) is 4.15. The van der Waals surface area contributed by atoms with Crippen molar-refractivity contribution in [3.8, 4) is 5.75 Å². The molecule has 2 aromatic carbocycles. The van der Waals surface area contributed by atoms with Crippen molar-refractivity contribution in [2.24, 2.45) is 0 Å². The Morgan fingerprint density at radius 3 is 2.72 bits per heavy atom. The van der Waals surface area contributed by atoms with E-state index < -0.39 is 0 Å². The zero-order valence-corrected chi connectivity index (χ0v) is 18.3. The van der Waals surface area contributed by atoms with Gasteiger partial charge in [0, 0.05) is 17.6 Å². The Morgan fingerprint density at radius 2 is 2.00 bits per heavy atom. The highest BCUT2D eigenvalue weighted by atomic mass is 35.5. The molecule has 0 unspecified atom stereocenters. The first-order valence-corrected chi connectivity index (χ1v) is 10.5. The summed E-state index contributed by atoms with van der Waals surface area (Å²) in [7, 11) is 5.68. The molecule has 0 radical (unpaired) electrons. The molecule has 0 aliphatic rings. The van der Waals surface area contributed by atoms with Gasteiger partial charge in [-0.05, 0) is 63.0 Å². The zero-order valence-electron chi connectivity index (χ0n) is 16.8. The van der Waals surface area contributed by atoms with Crippen LogP contribution in [0.25, 0.3) is 16.3 Å². The molecule has 29 heavy (non-hydrogen) atoms. The van der Waals surface area contributed by atoms with Gasteiger partial charge in [0.05, 0.1) is 17.3 Å². The maximum absolute atomic E-state index is 13.0. The molecule has 0 aliphatic carbocycles. The summed E-state index contributed by atoms with van der Waals surface area (Å²) in [5.41, 5.74) is 1.66. The Morgan fingerprint density at radius 1 is 1.21 bits per heavy atom. The molecular weight excluding hydrogens is 406 g/mol. The van der Waals surface area contributed by atoms with E-state index in [0.717, 1.165) is 34.5 Å². The van der Waals surface area contributed by atoms with E-state index >= 15 is 0 Å². The van der Waals surface area contributed by atoms with Crippen LogP contribution in [0.5, 0.6) is 5.75 Å². The van der Waals surface area contributed by atoms with Crippen LogP contribution in [0.4, 0.5) is 5.13 Å². The van der Waals surface area contributed by atoms with Crippen LogP contribution in [0.1, 0.15) is 12.0 Å². The standard InChI is InChI=1S/C22H24ClN3O2S/c1-25(2)13-6-14-26(21(27)12-9-16-7-4-5-8-18(16)23)22-24-19-11-10-17(28-3)15-20(19)29-22/h4-5,7-12,15H,6,13-14H2,1-3H3. The molecule has 0 bridgehead atoms. The number of rotatable bonds is 8. The van der Waals surface area contributed by atoms with Gasteiger partial charge in [-0.25, -0.2) is 4.98 Å². The number of anilines is 1. The lowest BCUT2D eigenvalue weighted by atomic mass is 10.2. The molecule has 1 heterocycles. The van der Waals surface area contributed by atoms with Crippen LogP contribution in [0.3, 0.4) is 0 Å². The fraction of sp³-hybridized carbons (Fsp3) is 0.273. The summed E-state index contributed by atoms with van der Waals surface area (Å²) in [6.45, 7) is 1.47. The molecule has 3 aromatic rings. The Bertz CT molecular complexity index is 1020. The minimum absolute atomic E-state index is 0.116. The van der Waals surface area contributed by atoms with Gasteiger partial charge in [-0.1, -0.05) is 41.1 Å². The first-order valence-electron chi connectivity index (χ1n) is 9.31. The largest absolute Gasteiger partial charge is 0.497 e. The van der Waals surface area contributed by atoms with Gasteiger partial charge in [-0.2, -0.15) is 0 Å². The first-order chi connectivity index (χ1) is 14.0. The number of benzene rings is 2. The van der Waals surface area contributed by atoms with E-state index in [1.165, 1.54) is 11.3 Å². The maximum Gasteiger partial charge on any atom is 0.252 e. The van der Waals surface area contributed by atoms with Gasteiger partial charge < -0.3 is 9.64 Å². The highest BCUT2D eigenvalue weighted by Gasteiger charge is 2.18. The van der Waals surface area contributed by atoms with Gasteiger partial charge >= 0.3 is 0 Å². The van der Waals surface area contributed by atoms with Gasteiger partial charge in [0.15, 0.2) is 5.13 Å². The van der Waals surface area contributed by atoms with Crippen LogP contribution < -0.4 is 9.64 Å². The van der Waals surface area contributed by atoms with Crippen molar-refractivity contribution in [2.75, 3.05) is 39.2 Å². The Balaban J connectivity index is 1.87. The molecule has 0 aliphatic heterocycles. The molecule has 0 fully saturated rings. The smallest absolute Gasteiger partial charge is 0.252 e. The summed E-state index contributed by atoms with van der Waals surface area (Å²) >= 11 is 7.69. The summed E-state index contributed by atoms with van der Waals surface area (Å²) in [5, 5.41) is 1.30. The minimum atomic E-state index is -0.116. The highest BCUT2D eigenvalue weighted by molar-refractivity contribution is 7.22. The minimum Gasteiger partial charge on any atom is -0.497 e. The molecule has 7 heteroatoms. The average molecular weight is 430 g/mol.